The summed E-state index contributed by atoms with van der Waals surface area (Å²) < 4.78 is 5.24. The highest BCUT2D eigenvalue weighted by atomic mass is 28.3. The van der Waals surface area contributed by atoms with Crippen molar-refractivity contribution in [1.29, 1.82) is 0 Å². The van der Waals surface area contributed by atoms with Crippen molar-refractivity contribution in [1.82, 2.24) is 0 Å². The quantitative estimate of drug-likeness (QED) is 0.275. The molecule has 152 valence electrons. The number of esters is 1. The van der Waals surface area contributed by atoms with E-state index in [1.54, 1.807) is 0 Å². The van der Waals surface area contributed by atoms with E-state index < -0.39 is 8.07 Å². The van der Waals surface area contributed by atoms with Crippen LogP contribution in [-0.4, -0.2) is 21.2 Å². The maximum absolute atomic E-state index is 13.0. The Morgan fingerprint density at radius 2 is 1.37 bits per heavy atom. The smallest absolute Gasteiger partial charge is 0.333 e. The van der Waals surface area contributed by atoms with Crippen LogP contribution in [0.4, 0.5) is 0 Å². The van der Waals surface area contributed by atoms with Crippen molar-refractivity contribution in [3.05, 3.63) is 114 Å². The van der Waals surface area contributed by atoms with Crippen LogP contribution in [0, 0.1) is 0 Å². The molecule has 0 unspecified atom stereocenters. The molecule has 0 N–H and O–H groups in total. The summed E-state index contributed by atoms with van der Waals surface area (Å²) in [4.78, 5) is 13.0. The van der Waals surface area contributed by atoms with Gasteiger partial charge in [-0.15, -0.1) is 0 Å². The molecule has 0 heterocycles. The molecule has 0 amide bonds. The summed E-state index contributed by atoms with van der Waals surface area (Å²) >= 11 is 0. The summed E-state index contributed by atoms with van der Waals surface area (Å²) in [7, 11) is -0.715. The maximum Gasteiger partial charge on any atom is 0.333 e. The summed E-state index contributed by atoms with van der Waals surface area (Å²) in [5.41, 5.74) is 2.94. The lowest BCUT2D eigenvalue weighted by molar-refractivity contribution is -0.136. The maximum atomic E-state index is 13.0. The summed E-state index contributed by atoms with van der Waals surface area (Å²) in [6.07, 6.45) is 4.64. The van der Waals surface area contributed by atoms with E-state index in [0.717, 1.165) is 21.9 Å². The average Bonchev–Trinajstić information content (AvgIpc) is 2.79. The Hall–Kier alpha value is -3.17. The van der Waals surface area contributed by atoms with Gasteiger partial charge >= 0.3 is 5.97 Å². The van der Waals surface area contributed by atoms with Gasteiger partial charge in [0, 0.05) is 5.57 Å². The minimum absolute atomic E-state index is 0.261. The molecule has 2 nitrogen and oxygen atoms in total. The first-order valence-electron chi connectivity index (χ1n) is 10.2. The van der Waals surface area contributed by atoms with Crippen LogP contribution < -0.4 is 5.19 Å². The van der Waals surface area contributed by atoms with Crippen LogP contribution in [0.15, 0.2) is 103 Å². The van der Waals surface area contributed by atoms with Gasteiger partial charge < -0.3 is 4.74 Å². The minimum Gasteiger partial charge on any atom is -0.466 e. The molecule has 3 aromatic carbocycles. The highest BCUT2D eigenvalue weighted by molar-refractivity contribution is 7.05. The van der Waals surface area contributed by atoms with Gasteiger partial charge in [-0.3, -0.25) is 0 Å². The zero-order chi connectivity index (χ0) is 21.4. The van der Waals surface area contributed by atoms with Crippen molar-refractivity contribution < 1.29 is 9.53 Å². The molecule has 0 aliphatic carbocycles. The third-order valence-corrected chi connectivity index (χ3v) is 8.97. The SMILES string of the molecule is COC(=O)/C(C/C=C/c1ccccc1)=C(\c1ccccc1)[Si](C)(C)c1ccccc1. The number of hydrogen-bond donors (Lipinski definition) is 0. The number of carbonyl (C=O) groups is 1. The van der Waals surface area contributed by atoms with Gasteiger partial charge in [0.2, 0.25) is 0 Å². The topological polar surface area (TPSA) is 26.3 Å². The van der Waals surface area contributed by atoms with Gasteiger partial charge in [-0.2, -0.15) is 0 Å². The van der Waals surface area contributed by atoms with E-state index in [-0.39, 0.29) is 5.97 Å². The number of benzene rings is 3. The molecule has 0 radical (unpaired) electrons. The zero-order valence-corrected chi connectivity index (χ0v) is 18.8. The number of hydrogen-bond acceptors (Lipinski definition) is 2. The third-order valence-electron chi connectivity index (χ3n) is 5.35. The second kappa shape index (κ2) is 10.0. The molecule has 0 saturated carbocycles. The predicted molar refractivity (Wildman–Crippen MR) is 129 cm³/mol. The molecular weight excluding hydrogens is 384 g/mol. The largest absolute Gasteiger partial charge is 0.466 e. The van der Waals surface area contributed by atoms with E-state index in [0.29, 0.717) is 6.42 Å². The van der Waals surface area contributed by atoms with E-state index in [4.69, 9.17) is 4.74 Å². The van der Waals surface area contributed by atoms with Crippen LogP contribution in [0.5, 0.6) is 0 Å². The van der Waals surface area contributed by atoms with Crippen molar-refractivity contribution in [3.63, 3.8) is 0 Å². The Kier molecular flexibility index (Phi) is 7.20. The molecular formula is C27H28O2Si. The Balaban J connectivity index is 2.14. The van der Waals surface area contributed by atoms with Crippen LogP contribution in [0.1, 0.15) is 17.5 Å². The fourth-order valence-corrected chi connectivity index (χ4v) is 6.97. The van der Waals surface area contributed by atoms with E-state index in [1.807, 2.05) is 42.5 Å². The third kappa shape index (κ3) is 5.05. The molecule has 30 heavy (non-hydrogen) atoms. The number of methoxy groups -OCH3 is 1. The molecule has 0 aliphatic heterocycles. The van der Waals surface area contributed by atoms with Crippen molar-refractivity contribution in [2.75, 3.05) is 7.11 Å². The second-order valence-corrected chi connectivity index (χ2v) is 12.0. The lowest BCUT2D eigenvalue weighted by Crippen LogP contribution is -2.44. The molecule has 0 aromatic heterocycles. The van der Waals surface area contributed by atoms with Gasteiger partial charge in [-0.1, -0.05) is 121 Å². The Morgan fingerprint density at radius 3 is 1.93 bits per heavy atom. The predicted octanol–water partition coefficient (Wildman–Crippen LogP) is 5.87. The van der Waals surface area contributed by atoms with Gasteiger partial charge in [0.15, 0.2) is 0 Å². The van der Waals surface area contributed by atoms with Gasteiger partial charge in [0.05, 0.1) is 7.11 Å². The fraction of sp³-hybridized carbons (Fsp3) is 0.148. The second-order valence-electron chi connectivity index (χ2n) is 7.72. The molecule has 3 aromatic rings. The van der Waals surface area contributed by atoms with E-state index >= 15 is 0 Å². The van der Waals surface area contributed by atoms with Crippen LogP contribution in [0.3, 0.4) is 0 Å². The summed E-state index contributed by atoms with van der Waals surface area (Å²) in [5.74, 6) is -0.261. The molecule has 3 rings (SSSR count). The summed E-state index contributed by atoms with van der Waals surface area (Å²) in [6.45, 7) is 4.60. The highest BCUT2D eigenvalue weighted by Crippen LogP contribution is 2.31. The number of allylic oxidation sites excluding steroid dienone is 1. The first kappa shape index (κ1) is 21.5. The van der Waals surface area contributed by atoms with Crippen LogP contribution in [0.25, 0.3) is 11.3 Å². The Labute approximate surface area is 180 Å². The minimum atomic E-state index is -2.18. The molecule has 3 heteroatoms. The van der Waals surface area contributed by atoms with Gasteiger partial charge in [-0.25, -0.2) is 4.79 Å². The van der Waals surface area contributed by atoms with Crippen LogP contribution in [0.2, 0.25) is 13.1 Å². The van der Waals surface area contributed by atoms with Crippen molar-refractivity contribution in [2.24, 2.45) is 0 Å². The monoisotopic (exact) mass is 412 g/mol. The molecule has 0 fully saturated rings. The normalized spacial score (nSPS) is 12.5. The molecule has 0 spiro atoms. The number of rotatable bonds is 7. The lowest BCUT2D eigenvalue weighted by atomic mass is 10.1. The zero-order valence-electron chi connectivity index (χ0n) is 17.8. The lowest BCUT2D eigenvalue weighted by Gasteiger charge is -2.29. The van der Waals surface area contributed by atoms with E-state index in [1.165, 1.54) is 12.3 Å². The van der Waals surface area contributed by atoms with E-state index in [9.17, 15) is 4.79 Å². The van der Waals surface area contributed by atoms with Crippen molar-refractivity contribution in [3.8, 4) is 0 Å². The van der Waals surface area contributed by atoms with Gasteiger partial charge in [0.1, 0.15) is 8.07 Å². The molecule has 0 saturated heterocycles. The number of ether oxygens (including phenoxy) is 1. The molecule has 0 atom stereocenters. The van der Waals surface area contributed by atoms with Crippen molar-refractivity contribution in [2.45, 2.75) is 19.5 Å². The van der Waals surface area contributed by atoms with Gasteiger partial charge in [-0.05, 0) is 22.7 Å². The van der Waals surface area contributed by atoms with Crippen molar-refractivity contribution >= 4 is 30.5 Å². The first-order chi connectivity index (χ1) is 14.5. The molecule has 0 bridgehead atoms. The van der Waals surface area contributed by atoms with Crippen LogP contribution >= 0.6 is 0 Å². The first-order valence-corrected chi connectivity index (χ1v) is 13.2. The van der Waals surface area contributed by atoms with Gasteiger partial charge in [0.25, 0.3) is 0 Å². The Bertz CT molecular complexity index is 1020. The Morgan fingerprint density at radius 1 is 0.833 bits per heavy atom. The highest BCUT2D eigenvalue weighted by Gasteiger charge is 2.33. The van der Waals surface area contributed by atoms with Crippen LogP contribution in [-0.2, 0) is 9.53 Å². The fourth-order valence-electron chi connectivity index (χ4n) is 3.80. The summed E-state index contributed by atoms with van der Waals surface area (Å²) in [6, 6.07) is 30.9. The standard InChI is InChI=1S/C27H28O2Si/c1-29-27(28)25(21-13-16-22-14-7-4-8-15-22)26(23-17-9-5-10-18-23)30(2,3)24-19-11-6-12-20-24/h4-20H,21H2,1-3H3/b16-13+,26-25+. The van der Waals surface area contributed by atoms with E-state index in [2.05, 4.69) is 73.8 Å². The number of carbonyl (C=O) groups excluding carboxylic acids is 1. The molecule has 0 aliphatic rings. The average molecular weight is 413 g/mol. The summed E-state index contributed by atoms with van der Waals surface area (Å²) in [5, 5.41) is 2.41.